The molecule has 0 bridgehead atoms. The number of nitrogens with zero attached hydrogens (tertiary/aromatic N) is 4. The van der Waals surface area contributed by atoms with Gasteiger partial charge in [-0.15, -0.1) is 0 Å². The Hall–Kier alpha value is -4.21. The van der Waals surface area contributed by atoms with Gasteiger partial charge in [0.05, 0.1) is 7.11 Å². The van der Waals surface area contributed by atoms with Gasteiger partial charge in [0.1, 0.15) is 17.6 Å². The maximum atomic E-state index is 12.3. The molecule has 1 aliphatic rings. The van der Waals surface area contributed by atoms with Crippen LogP contribution in [-0.2, 0) is 24.3 Å². The Morgan fingerprint density at radius 1 is 0.912 bits per heavy atom. The Kier molecular flexibility index (Phi) is 6.86. The van der Waals surface area contributed by atoms with Crippen LogP contribution in [0.2, 0.25) is 0 Å². The number of rotatable bonds is 9. The Morgan fingerprint density at radius 2 is 1.47 bits per heavy atom. The van der Waals surface area contributed by atoms with Crippen molar-refractivity contribution in [3.8, 4) is 5.75 Å². The molecule has 1 fully saturated rings. The van der Waals surface area contributed by atoms with Crippen LogP contribution in [0.3, 0.4) is 0 Å². The number of nitrogens with one attached hydrogen (secondary N) is 3. The molecular formula is C24H27N7O3. The van der Waals surface area contributed by atoms with Crippen LogP contribution in [0.15, 0.2) is 48.5 Å². The number of anilines is 2. The number of ether oxygens (including phenoxy) is 1. The van der Waals surface area contributed by atoms with Gasteiger partial charge in [-0.3, -0.25) is 9.69 Å². The molecule has 1 saturated heterocycles. The van der Waals surface area contributed by atoms with Gasteiger partial charge in [0, 0.05) is 26.6 Å². The van der Waals surface area contributed by atoms with Crippen molar-refractivity contribution in [3.63, 3.8) is 0 Å². The maximum absolute atomic E-state index is 12.3. The zero-order valence-electron chi connectivity index (χ0n) is 19.3. The minimum Gasteiger partial charge on any atom is -0.497 e. The lowest BCUT2D eigenvalue weighted by atomic mass is 10.1. The van der Waals surface area contributed by atoms with E-state index in [-0.39, 0.29) is 12.3 Å². The number of urea groups is 1. The van der Waals surface area contributed by atoms with E-state index in [1.165, 1.54) is 12.6 Å². The lowest BCUT2D eigenvalue weighted by Crippen LogP contribution is -2.32. The molecule has 10 nitrogen and oxygen atoms in total. The van der Waals surface area contributed by atoms with E-state index in [1.807, 2.05) is 55.5 Å². The topological polar surface area (TPSA) is 121 Å². The summed E-state index contributed by atoms with van der Waals surface area (Å²) in [5.41, 5.74) is 3.29. The second-order valence-electron chi connectivity index (χ2n) is 8.04. The molecule has 0 spiro atoms. The highest BCUT2D eigenvalue weighted by molar-refractivity contribution is 6.03. The predicted molar refractivity (Wildman–Crippen MR) is 127 cm³/mol. The van der Waals surface area contributed by atoms with Gasteiger partial charge in [-0.25, -0.2) is 4.79 Å². The lowest BCUT2D eigenvalue weighted by Gasteiger charge is -2.12. The van der Waals surface area contributed by atoms with Gasteiger partial charge in [-0.1, -0.05) is 42.0 Å². The summed E-state index contributed by atoms with van der Waals surface area (Å²) in [5.74, 6) is 1.62. The average Bonchev–Trinajstić information content (AvgIpc) is 3.09. The number of likely N-dealkylation sites (N-methyl/N-ethyl adjacent to an activating group) is 1. The molecular weight excluding hydrogens is 434 g/mol. The molecule has 0 radical (unpaired) electrons. The minimum absolute atomic E-state index is 0.161. The van der Waals surface area contributed by atoms with E-state index in [1.54, 1.807) is 7.11 Å². The number of carbonyl (C=O) groups excluding carboxylic acids is 2. The van der Waals surface area contributed by atoms with Crippen LogP contribution >= 0.6 is 0 Å². The van der Waals surface area contributed by atoms with Crippen LogP contribution < -0.4 is 20.7 Å². The molecule has 3 aromatic rings. The summed E-state index contributed by atoms with van der Waals surface area (Å²) >= 11 is 0. The molecule has 1 aromatic heterocycles. The van der Waals surface area contributed by atoms with Crippen LogP contribution in [0, 0.1) is 6.92 Å². The zero-order valence-corrected chi connectivity index (χ0v) is 19.3. The number of hydrogen-bond acceptors (Lipinski definition) is 8. The van der Waals surface area contributed by atoms with Crippen LogP contribution in [-0.4, -0.2) is 52.0 Å². The highest BCUT2D eigenvalue weighted by atomic mass is 16.5. The summed E-state index contributed by atoms with van der Waals surface area (Å²) in [7, 11) is 3.07. The minimum atomic E-state index is -0.709. The summed E-state index contributed by atoms with van der Waals surface area (Å²) in [6.07, 6.45) is 0.161. The zero-order chi connectivity index (χ0) is 24.1. The molecule has 1 aliphatic heterocycles. The van der Waals surface area contributed by atoms with Gasteiger partial charge in [0.15, 0.2) is 0 Å². The van der Waals surface area contributed by atoms with Crippen molar-refractivity contribution in [2.75, 3.05) is 24.8 Å². The lowest BCUT2D eigenvalue weighted by molar-refractivity contribution is -0.126. The summed E-state index contributed by atoms with van der Waals surface area (Å²) < 4.78 is 5.20. The number of aryl methyl sites for hydroxylation is 1. The highest BCUT2D eigenvalue weighted by Gasteiger charge is 2.36. The summed E-state index contributed by atoms with van der Waals surface area (Å²) in [5, 5.41) is 9.10. The fourth-order valence-electron chi connectivity index (χ4n) is 3.44. The first-order valence-electron chi connectivity index (χ1n) is 10.9. The first-order chi connectivity index (χ1) is 16.4. The van der Waals surface area contributed by atoms with E-state index in [4.69, 9.17) is 4.74 Å². The highest BCUT2D eigenvalue weighted by Crippen LogP contribution is 2.15. The van der Waals surface area contributed by atoms with Crippen molar-refractivity contribution >= 4 is 23.8 Å². The summed E-state index contributed by atoms with van der Waals surface area (Å²) in [4.78, 5) is 38.6. The molecule has 3 amide bonds. The summed E-state index contributed by atoms with van der Waals surface area (Å²) in [6, 6.07) is 14.7. The van der Waals surface area contributed by atoms with Crippen molar-refractivity contribution in [1.29, 1.82) is 0 Å². The molecule has 0 saturated carbocycles. The third-order valence-electron chi connectivity index (χ3n) is 5.48. The third-order valence-corrected chi connectivity index (χ3v) is 5.48. The number of hydrogen-bond donors (Lipinski definition) is 3. The molecule has 0 aliphatic carbocycles. The van der Waals surface area contributed by atoms with Crippen LogP contribution in [0.5, 0.6) is 5.75 Å². The SMILES string of the molecule is COc1ccc(CNc2nc(CC3NC(=O)N(C)C3=O)nc(NCc3ccc(C)cc3)n2)cc1. The van der Waals surface area contributed by atoms with E-state index in [9.17, 15) is 9.59 Å². The Morgan fingerprint density at radius 3 is 1.97 bits per heavy atom. The fraction of sp³-hybridized carbons (Fsp3) is 0.292. The van der Waals surface area contributed by atoms with Crippen molar-refractivity contribution in [2.45, 2.75) is 32.5 Å². The summed E-state index contributed by atoms with van der Waals surface area (Å²) in [6.45, 7) is 3.06. The number of benzene rings is 2. The van der Waals surface area contributed by atoms with Gasteiger partial charge in [-0.05, 0) is 30.2 Å². The maximum Gasteiger partial charge on any atom is 0.324 e. The monoisotopic (exact) mass is 461 g/mol. The number of imide groups is 1. The van der Waals surface area contributed by atoms with E-state index < -0.39 is 12.1 Å². The normalized spacial score (nSPS) is 15.3. The smallest absolute Gasteiger partial charge is 0.324 e. The van der Waals surface area contributed by atoms with Crippen molar-refractivity contribution in [3.05, 3.63) is 71.0 Å². The molecule has 10 heteroatoms. The second-order valence-corrected chi connectivity index (χ2v) is 8.04. The average molecular weight is 462 g/mol. The van der Waals surface area contributed by atoms with Crippen LogP contribution in [0.25, 0.3) is 0 Å². The second kappa shape index (κ2) is 10.2. The predicted octanol–water partition coefficient (Wildman–Crippen LogP) is 2.51. The first kappa shape index (κ1) is 23.0. The molecule has 2 heterocycles. The van der Waals surface area contributed by atoms with Gasteiger partial charge in [0.2, 0.25) is 11.9 Å². The molecule has 1 unspecified atom stereocenters. The van der Waals surface area contributed by atoms with E-state index in [2.05, 4.69) is 30.9 Å². The fourth-order valence-corrected chi connectivity index (χ4v) is 3.44. The Balaban J connectivity index is 1.51. The standard InChI is InChI=1S/C24H27N7O3/c1-15-4-6-16(7-5-15)13-25-22-28-20(12-19-21(32)31(2)24(33)27-19)29-23(30-22)26-14-17-8-10-18(34-3)11-9-17/h4-11,19H,12-14H2,1-3H3,(H,27,33)(H2,25,26,28,29,30). The molecule has 3 N–H and O–H groups in total. The van der Waals surface area contributed by atoms with Gasteiger partial charge >= 0.3 is 6.03 Å². The van der Waals surface area contributed by atoms with Crippen molar-refractivity contribution in [1.82, 2.24) is 25.2 Å². The Bertz CT molecular complexity index is 1170. The first-order valence-corrected chi connectivity index (χ1v) is 10.9. The number of carbonyl (C=O) groups is 2. The van der Waals surface area contributed by atoms with Crippen LogP contribution in [0.4, 0.5) is 16.7 Å². The number of amides is 3. The van der Waals surface area contributed by atoms with Crippen LogP contribution in [0.1, 0.15) is 22.5 Å². The number of methoxy groups -OCH3 is 1. The van der Waals surface area contributed by atoms with Crippen molar-refractivity contribution in [2.24, 2.45) is 0 Å². The quantitative estimate of drug-likeness (QED) is 0.416. The van der Waals surface area contributed by atoms with E-state index in [0.717, 1.165) is 21.8 Å². The third kappa shape index (κ3) is 5.58. The largest absolute Gasteiger partial charge is 0.497 e. The molecule has 176 valence electrons. The van der Waals surface area contributed by atoms with E-state index in [0.29, 0.717) is 30.8 Å². The van der Waals surface area contributed by atoms with Gasteiger partial charge in [-0.2, -0.15) is 15.0 Å². The Labute approximate surface area is 197 Å². The van der Waals surface area contributed by atoms with Gasteiger partial charge < -0.3 is 20.7 Å². The molecule has 4 rings (SSSR count). The molecule has 2 aromatic carbocycles. The van der Waals surface area contributed by atoms with E-state index >= 15 is 0 Å². The number of aromatic nitrogens is 3. The molecule has 34 heavy (non-hydrogen) atoms. The van der Waals surface area contributed by atoms with Gasteiger partial charge in [0.25, 0.3) is 5.91 Å². The van der Waals surface area contributed by atoms with Crippen molar-refractivity contribution < 1.29 is 14.3 Å². The molecule has 1 atom stereocenters.